The third-order valence-electron chi connectivity index (χ3n) is 2.67. The number of hydrogen-bond acceptors (Lipinski definition) is 2. The Hall–Kier alpha value is -2.33. The van der Waals surface area contributed by atoms with Crippen LogP contribution in [0.2, 0.25) is 5.15 Å². The molecule has 0 bridgehead atoms. The van der Waals surface area contributed by atoms with Crippen LogP contribution in [0.25, 0.3) is 6.08 Å². The fourth-order valence-corrected chi connectivity index (χ4v) is 1.79. The highest BCUT2D eigenvalue weighted by molar-refractivity contribution is 6.32. The Balaban J connectivity index is 1.93. The fourth-order valence-electron chi connectivity index (χ4n) is 1.62. The van der Waals surface area contributed by atoms with Crippen molar-refractivity contribution in [3.8, 4) is 0 Å². The number of aromatic nitrogens is 1. The summed E-state index contributed by atoms with van der Waals surface area (Å²) in [6, 6.07) is 10.9. The topological polar surface area (TPSA) is 54.0 Å². The predicted octanol–water partition coefficient (Wildman–Crippen LogP) is 3.84. The van der Waals surface area contributed by atoms with Crippen molar-refractivity contribution in [2.24, 2.45) is 0 Å². The molecular formula is C15H14ClN3O. The molecule has 2 rings (SSSR count). The van der Waals surface area contributed by atoms with E-state index < -0.39 is 0 Å². The summed E-state index contributed by atoms with van der Waals surface area (Å²) in [5.41, 5.74) is 2.66. The van der Waals surface area contributed by atoms with E-state index in [1.165, 1.54) is 0 Å². The van der Waals surface area contributed by atoms with E-state index in [9.17, 15) is 4.79 Å². The molecule has 0 saturated heterocycles. The van der Waals surface area contributed by atoms with Crippen molar-refractivity contribution in [1.29, 1.82) is 0 Å². The maximum Gasteiger partial charge on any atom is 0.323 e. The highest BCUT2D eigenvalue weighted by Gasteiger charge is 2.03. The van der Waals surface area contributed by atoms with Crippen molar-refractivity contribution in [2.75, 3.05) is 5.32 Å². The van der Waals surface area contributed by atoms with E-state index in [4.69, 9.17) is 11.6 Å². The molecule has 0 aliphatic rings. The van der Waals surface area contributed by atoms with Gasteiger partial charge in [0, 0.05) is 12.4 Å². The third-order valence-corrected chi connectivity index (χ3v) is 2.97. The van der Waals surface area contributed by atoms with Crippen LogP contribution in [0.4, 0.5) is 10.5 Å². The van der Waals surface area contributed by atoms with E-state index in [2.05, 4.69) is 15.6 Å². The summed E-state index contributed by atoms with van der Waals surface area (Å²) in [7, 11) is 0. The Morgan fingerprint density at radius 1 is 1.25 bits per heavy atom. The van der Waals surface area contributed by atoms with E-state index in [0.29, 0.717) is 5.69 Å². The standard InChI is InChI=1S/C15H14ClN3O/c1-11-5-2-3-6-12(11)8-10-18-15(20)19-13-7-4-9-17-14(13)16/h2-10H,1H3,(H2,18,19,20)/b10-8+. The molecule has 1 heterocycles. The molecule has 0 unspecified atom stereocenters. The van der Waals surface area contributed by atoms with Crippen LogP contribution in [0, 0.1) is 6.92 Å². The SMILES string of the molecule is Cc1ccccc1/C=C/NC(=O)Nc1cccnc1Cl. The summed E-state index contributed by atoms with van der Waals surface area (Å²) in [6.45, 7) is 2.01. The van der Waals surface area contributed by atoms with Gasteiger partial charge in [0.15, 0.2) is 5.15 Å². The zero-order valence-corrected chi connectivity index (χ0v) is 11.7. The number of carbonyl (C=O) groups is 1. The van der Waals surface area contributed by atoms with Gasteiger partial charge in [-0.15, -0.1) is 0 Å². The van der Waals surface area contributed by atoms with Crippen molar-refractivity contribution in [3.05, 3.63) is 65.1 Å². The smallest absolute Gasteiger partial charge is 0.314 e. The number of carbonyl (C=O) groups excluding carboxylic acids is 1. The number of nitrogens with zero attached hydrogens (tertiary/aromatic N) is 1. The molecule has 0 radical (unpaired) electrons. The summed E-state index contributed by atoms with van der Waals surface area (Å²) >= 11 is 5.85. The minimum Gasteiger partial charge on any atom is -0.314 e. The molecule has 4 nitrogen and oxygen atoms in total. The molecule has 1 aromatic heterocycles. The van der Waals surface area contributed by atoms with Crippen molar-refractivity contribution in [2.45, 2.75) is 6.92 Å². The van der Waals surface area contributed by atoms with Crippen LogP contribution >= 0.6 is 11.6 Å². The number of amides is 2. The van der Waals surface area contributed by atoms with Crippen LogP contribution in [0.3, 0.4) is 0 Å². The number of hydrogen-bond donors (Lipinski definition) is 2. The summed E-state index contributed by atoms with van der Waals surface area (Å²) in [5.74, 6) is 0. The van der Waals surface area contributed by atoms with Crippen LogP contribution in [-0.2, 0) is 0 Å². The lowest BCUT2D eigenvalue weighted by atomic mass is 10.1. The molecular weight excluding hydrogens is 274 g/mol. The zero-order chi connectivity index (χ0) is 14.4. The van der Waals surface area contributed by atoms with Crippen LogP contribution in [0.15, 0.2) is 48.8 Å². The van der Waals surface area contributed by atoms with E-state index in [1.807, 2.05) is 37.3 Å². The lowest BCUT2D eigenvalue weighted by Crippen LogP contribution is -2.24. The van der Waals surface area contributed by atoms with Gasteiger partial charge in [0.25, 0.3) is 0 Å². The van der Waals surface area contributed by atoms with Crippen LogP contribution in [0.5, 0.6) is 0 Å². The van der Waals surface area contributed by atoms with Gasteiger partial charge in [-0.3, -0.25) is 0 Å². The molecule has 1 aromatic carbocycles. The summed E-state index contributed by atoms with van der Waals surface area (Å²) in [5, 5.41) is 5.49. The maximum atomic E-state index is 11.7. The number of pyridine rings is 1. The Morgan fingerprint density at radius 3 is 2.80 bits per heavy atom. The minimum atomic E-state index is -0.371. The predicted molar refractivity (Wildman–Crippen MR) is 81.6 cm³/mol. The summed E-state index contributed by atoms with van der Waals surface area (Å²) in [6.07, 6.45) is 4.98. The van der Waals surface area contributed by atoms with E-state index >= 15 is 0 Å². The quantitative estimate of drug-likeness (QED) is 0.843. The number of halogens is 1. The average molecular weight is 288 g/mol. The Kier molecular flexibility index (Phi) is 4.74. The zero-order valence-electron chi connectivity index (χ0n) is 10.9. The number of urea groups is 1. The molecule has 5 heteroatoms. The van der Waals surface area contributed by atoms with E-state index in [1.54, 1.807) is 24.5 Å². The van der Waals surface area contributed by atoms with Gasteiger partial charge in [0.1, 0.15) is 0 Å². The summed E-state index contributed by atoms with van der Waals surface area (Å²) < 4.78 is 0. The number of aryl methyl sites for hydroxylation is 1. The lowest BCUT2D eigenvalue weighted by molar-refractivity contribution is 0.255. The number of anilines is 1. The van der Waals surface area contributed by atoms with E-state index in [-0.39, 0.29) is 11.2 Å². The first kappa shape index (κ1) is 14.1. The Morgan fingerprint density at radius 2 is 2.05 bits per heavy atom. The molecule has 2 amide bonds. The fraction of sp³-hybridized carbons (Fsp3) is 0.0667. The average Bonchev–Trinajstić information content (AvgIpc) is 2.43. The second kappa shape index (κ2) is 6.73. The Labute approximate surface area is 122 Å². The third kappa shape index (κ3) is 3.83. The van der Waals surface area contributed by atoms with Gasteiger partial charge >= 0.3 is 6.03 Å². The first-order valence-electron chi connectivity index (χ1n) is 6.07. The molecule has 2 aromatic rings. The second-order valence-corrected chi connectivity index (χ2v) is 4.49. The van der Waals surface area contributed by atoms with Gasteiger partial charge in [-0.05, 0) is 36.3 Å². The van der Waals surface area contributed by atoms with Crippen LogP contribution in [0.1, 0.15) is 11.1 Å². The van der Waals surface area contributed by atoms with Crippen LogP contribution < -0.4 is 10.6 Å². The molecule has 0 aliphatic carbocycles. The summed E-state index contributed by atoms with van der Waals surface area (Å²) in [4.78, 5) is 15.6. The second-order valence-electron chi connectivity index (χ2n) is 4.13. The minimum absolute atomic E-state index is 0.255. The van der Waals surface area contributed by atoms with Gasteiger partial charge in [-0.2, -0.15) is 0 Å². The monoisotopic (exact) mass is 287 g/mol. The highest BCUT2D eigenvalue weighted by Crippen LogP contribution is 2.16. The highest BCUT2D eigenvalue weighted by atomic mass is 35.5. The van der Waals surface area contributed by atoms with Crippen molar-refractivity contribution < 1.29 is 4.79 Å². The van der Waals surface area contributed by atoms with Gasteiger partial charge in [-0.1, -0.05) is 35.9 Å². The van der Waals surface area contributed by atoms with Gasteiger partial charge in [-0.25, -0.2) is 9.78 Å². The van der Waals surface area contributed by atoms with Crippen molar-refractivity contribution in [3.63, 3.8) is 0 Å². The molecule has 2 N–H and O–H groups in total. The molecule has 0 aliphatic heterocycles. The number of nitrogens with one attached hydrogen (secondary N) is 2. The maximum absolute atomic E-state index is 11.7. The molecule has 102 valence electrons. The van der Waals surface area contributed by atoms with E-state index in [0.717, 1.165) is 11.1 Å². The number of rotatable bonds is 3. The molecule has 20 heavy (non-hydrogen) atoms. The van der Waals surface area contributed by atoms with Crippen LogP contribution in [-0.4, -0.2) is 11.0 Å². The molecule has 0 saturated carbocycles. The van der Waals surface area contributed by atoms with Gasteiger partial charge < -0.3 is 10.6 Å². The lowest BCUT2D eigenvalue weighted by Gasteiger charge is -2.05. The largest absolute Gasteiger partial charge is 0.323 e. The normalized spacial score (nSPS) is 10.5. The van der Waals surface area contributed by atoms with Gasteiger partial charge in [0.05, 0.1) is 5.69 Å². The first-order valence-corrected chi connectivity index (χ1v) is 6.45. The van der Waals surface area contributed by atoms with Crippen molar-refractivity contribution in [1.82, 2.24) is 10.3 Å². The van der Waals surface area contributed by atoms with Crippen molar-refractivity contribution >= 4 is 29.4 Å². The molecule has 0 atom stereocenters. The molecule has 0 spiro atoms. The number of benzene rings is 1. The first-order chi connectivity index (χ1) is 9.66. The van der Waals surface area contributed by atoms with Gasteiger partial charge in [0.2, 0.25) is 0 Å². The Bertz CT molecular complexity index is 641. The molecule has 0 fully saturated rings.